The molecule has 0 saturated carbocycles. The number of aliphatic imine (C=N–C) groups is 1. The van der Waals surface area contributed by atoms with Gasteiger partial charge in [-0.05, 0) is 44.5 Å². The normalized spacial score (nSPS) is 18.5. The Kier molecular flexibility index (Phi) is 7.88. The average molecular weight is 378 g/mol. The predicted octanol–water partition coefficient (Wildman–Crippen LogP) is 2.41. The van der Waals surface area contributed by atoms with Crippen LogP contribution < -0.4 is 15.4 Å². The lowest BCUT2D eigenvalue weighted by atomic mass is 10.2. The van der Waals surface area contributed by atoms with Crippen LogP contribution in [0.4, 0.5) is 4.39 Å². The molecule has 0 bridgehead atoms. The fourth-order valence-electron chi connectivity index (χ4n) is 2.96. The van der Waals surface area contributed by atoms with Crippen LogP contribution in [0.25, 0.3) is 0 Å². The van der Waals surface area contributed by atoms with Crippen LogP contribution in [0.2, 0.25) is 0 Å². The van der Waals surface area contributed by atoms with Crippen molar-refractivity contribution < 1.29 is 13.9 Å². The van der Waals surface area contributed by atoms with Crippen LogP contribution >= 0.6 is 0 Å². The highest BCUT2D eigenvalue weighted by Crippen LogP contribution is 2.14. The predicted molar refractivity (Wildman–Crippen MR) is 105 cm³/mol. The highest BCUT2D eigenvalue weighted by Gasteiger charge is 2.27. The minimum atomic E-state index is -0.284. The van der Waals surface area contributed by atoms with Crippen LogP contribution in [-0.4, -0.2) is 55.1 Å². The van der Waals surface area contributed by atoms with Crippen molar-refractivity contribution in [2.75, 3.05) is 26.2 Å². The number of nitrogens with zero attached hydrogens (tertiary/aromatic N) is 2. The fraction of sp³-hybridized carbons (Fsp3) is 0.600. The number of ether oxygens (including phenoxy) is 1. The maximum absolute atomic E-state index is 13.0. The van der Waals surface area contributed by atoms with Gasteiger partial charge in [0.05, 0.1) is 6.54 Å². The summed E-state index contributed by atoms with van der Waals surface area (Å²) in [5, 5.41) is 6.64. The summed E-state index contributed by atoms with van der Waals surface area (Å²) in [7, 11) is 0. The highest BCUT2D eigenvalue weighted by atomic mass is 19.1. The molecule has 1 aromatic rings. The maximum atomic E-state index is 13.0. The second-order valence-electron chi connectivity index (χ2n) is 7.17. The van der Waals surface area contributed by atoms with E-state index < -0.39 is 0 Å². The summed E-state index contributed by atoms with van der Waals surface area (Å²) in [5.74, 6) is 1.28. The molecule has 0 aromatic heterocycles. The third kappa shape index (κ3) is 6.73. The molecule has 0 radical (unpaired) electrons. The van der Waals surface area contributed by atoms with E-state index in [9.17, 15) is 9.18 Å². The van der Waals surface area contributed by atoms with Crippen LogP contribution in [0, 0.1) is 11.7 Å². The monoisotopic (exact) mass is 378 g/mol. The maximum Gasteiger partial charge on any atom is 0.225 e. The molecule has 1 aliphatic rings. The summed E-state index contributed by atoms with van der Waals surface area (Å²) in [5.41, 5.74) is 0. The van der Waals surface area contributed by atoms with Gasteiger partial charge < -0.3 is 20.3 Å². The summed E-state index contributed by atoms with van der Waals surface area (Å²) in [6.45, 7) is 10.5. The third-order valence-electron chi connectivity index (χ3n) is 4.34. The van der Waals surface area contributed by atoms with Crippen molar-refractivity contribution in [2.45, 2.75) is 46.3 Å². The Labute approximate surface area is 161 Å². The number of nitrogens with one attached hydrogen (secondary N) is 2. The molecule has 0 aliphatic carbocycles. The number of benzene rings is 1. The van der Waals surface area contributed by atoms with E-state index in [1.807, 2.05) is 32.6 Å². The Hall–Kier alpha value is -2.31. The van der Waals surface area contributed by atoms with Crippen LogP contribution in [0.15, 0.2) is 29.3 Å². The van der Waals surface area contributed by atoms with Crippen LogP contribution in [0.1, 0.15) is 34.1 Å². The van der Waals surface area contributed by atoms with Gasteiger partial charge in [0, 0.05) is 31.6 Å². The summed E-state index contributed by atoms with van der Waals surface area (Å²) < 4.78 is 18.7. The van der Waals surface area contributed by atoms with E-state index >= 15 is 0 Å². The van der Waals surface area contributed by atoms with E-state index in [1.54, 1.807) is 12.1 Å². The first-order valence-corrected chi connectivity index (χ1v) is 9.65. The number of rotatable bonds is 7. The SMILES string of the molecule is CCNC(=NCC(C)Oc1ccc(F)cc1)NC1CCN(C(=O)C(C)C)C1. The quantitative estimate of drug-likeness (QED) is 0.565. The lowest BCUT2D eigenvalue weighted by Crippen LogP contribution is -2.45. The molecular weight excluding hydrogens is 347 g/mol. The van der Waals surface area contributed by atoms with Gasteiger partial charge in [-0.15, -0.1) is 0 Å². The molecule has 1 fully saturated rings. The third-order valence-corrected chi connectivity index (χ3v) is 4.34. The molecule has 150 valence electrons. The van der Waals surface area contributed by atoms with Crippen LogP contribution in [-0.2, 0) is 4.79 Å². The molecule has 6 nitrogen and oxygen atoms in total. The van der Waals surface area contributed by atoms with Gasteiger partial charge in [0.1, 0.15) is 17.7 Å². The number of halogens is 1. The minimum Gasteiger partial charge on any atom is -0.489 e. The lowest BCUT2D eigenvalue weighted by molar-refractivity contribution is -0.133. The Morgan fingerprint density at radius 2 is 2.04 bits per heavy atom. The molecule has 1 heterocycles. The summed E-state index contributed by atoms with van der Waals surface area (Å²) in [6, 6.07) is 6.16. The first-order valence-electron chi connectivity index (χ1n) is 9.65. The molecule has 0 spiro atoms. The molecular formula is C20H31FN4O2. The number of carbonyl (C=O) groups is 1. The zero-order valence-corrected chi connectivity index (χ0v) is 16.7. The van der Waals surface area contributed by atoms with Crippen molar-refractivity contribution in [1.82, 2.24) is 15.5 Å². The number of hydrogen-bond donors (Lipinski definition) is 2. The molecule has 2 atom stereocenters. The fourth-order valence-corrected chi connectivity index (χ4v) is 2.96. The average Bonchev–Trinajstić information content (AvgIpc) is 3.09. The topological polar surface area (TPSA) is 66.0 Å². The van der Waals surface area contributed by atoms with Gasteiger partial charge in [0.15, 0.2) is 5.96 Å². The second-order valence-corrected chi connectivity index (χ2v) is 7.17. The molecule has 2 unspecified atom stereocenters. The van der Waals surface area contributed by atoms with Gasteiger partial charge in [0.2, 0.25) is 5.91 Å². The largest absolute Gasteiger partial charge is 0.489 e. The zero-order valence-electron chi connectivity index (χ0n) is 16.7. The van der Waals surface area contributed by atoms with Gasteiger partial charge in [-0.3, -0.25) is 4.79 Å². The van der Waals surface area contributed by atoms with Gasteiger partial charge in [-0.2, -0.15) is 0 Å². The Bertz CT molecular complexity index is 633. The molecule has 7 heteroatoms. The molecule has 2 N–H and O–H groups in total. The van der Waals surface area contributed by atoms with E-state index in [-0.39, 0.29) is 29.8 Å². The Balaban J connectivity index is 1.86. The van der Waals surface area contributed by atoms with Gasteiger partial charge in [0.25, 0.3) is 0 Å². The van der Waals surface area contributed by atoms with E-state index in [4.69, 9.17) is 4.74 Å². The second kappa shape index (κ2) is 10.1. The van der Waals surface area contributed by atoms with E-state index in [0.29, 0.717) is 18.8 Å². The van der Waals surface area contributed by atoms with Crippen molar-refractivity contribution in [1.29, 1.82) is 0 Å². The number of guanidine groups is 1. The molecule has 1 amide bonds. The Morgan fingerprint density at radius 3 is 2.67 bits per heavy atom. The number of carbonyl (C=O) groups excluding carboxylic acids is 1. The van der Waals surface area contributed by atoms with Crippen molar-refractivity contribution >= 4 is 11.9 Å². The molecule has 2 rings (SSSR count). The van der Waals surface area contributed by atoms with Crippen molar-refractivity contribution in [3.05, 3.63) is 30.1 Å². The van der Waals surface area contributed by atoms with Gasteiger partial charge in [-0.1, -0.05) is 13.8 Å². The van der Waals surface area contributed by atoms with Crippen molar-refractivity contribution in [2.24, 2.45) is 10.9 Å². The molecule has 27 heavy (non-hydrogen) atoms. The first-order chi connectivity index (χ1) is 12.9. The number of likely N-dealkylation sites (tertiary alicyclic amines) is 1. The van der Waals surface area contributed by atoms with E-state index in [1.165, 1.54) is 12.1 Å². The van der Waals surface area contributed by atoms with Crippen LogP contribution in [0.5, 0.6) is 5.75 Å². The number of hydrogen-bond acceptors (Lipinski definition) is 3. The summed E-state index contributed by atoms with van der Waals surface area (Å²) in [4.78, 5) is 18.6. The molecule has 1 saturated heterocycles. The standard InChI is InChI=1S/C20H31FN4O2/c1-5-22-20(24-17-10-11-25(13-17)19(26)14(2)3)23-12-15(4)27-18-8-6-16(21)7-9-18/h6-9,14-15,17H,5,10-13H2,1-4H3,(H2,22,23,24). The highest BCUT2D eigenvalue weighted by molar-refractivity contribution is 5.81. The van der Waals surface area contributed by atoms with E-state index in [2.05, 4.69) is 15.6 Å². The van der Waals surface area contributed by atoms with Crippen molar-refractivity contribution in [3.8, 4) is 5.75 Å². The smallest absolute Gasteiger partial charge is 0.225 e. The molecule has 1 aliphatic heterocycles. The van der Waals surface area contributed by atoms with E-state index in [0.717, 1.165) is 25.5 Å². The minimum absolute atomic E-state index is 0.0233. The Morgan fingerprint density at radius 1 is 1.33 bits per heavy atom. The molecule has 1 aromatic carbocycles. The first kappa shape index (κ1) is 21.0. The number of amides is 1. The van der Waals surface area contributed by atoms with Crippen LogP contribution in [0.3, 0.4) is 0 Å². The summed E-state index contributed by atoms with van der Waals surface area (Å²) in [6.07, 6.45) is 0.762. The zero-order chi connectivity index (χ0) is 19.8. The van der Waals surface area contributed by atoms with Gasteiger partial charge >= 0.3 is 0 Å². The summed E-state index contributed by atoms with van der Waals surface area (Å²) >= 11 is 0. The van der Waals surface area contributed by atoms with Crippen molar-refractivity contribution in [3.63, 3.8) is 0 Å². The lowest BCUT2D eigenvalue weighted by Gasteiger charge is -2.21. The van der Waals surface area contributed by atoms with Gasteiger partial charge in [-0.25, -0.2) is 9.38 Å².